The van der Waals surface area contributed by atoms with Crippen molar-refractivity contribution in [3.8, 4) is 0 Å². The highest BCUT2D eigenvalue weighted by Crippen LogP contribution is 2.24. The molecule has 0 bridgehead atoms. The average molecular weight is 318 g/mol. The molecule has 1 aliphatic heterocycles. The molecule has 1 N–H and O–H groups in total. The third kappa shape index (κ3) is 2.31. The molecule has 0 spiro atoms. The van der Waals surface area contributed by atoms with E-state index in [0.717, 1.165) is 36.2 Å². The predicted molar refractivity (Wildman–Crippen MR) is 95.7 cm³/mol. The number of amides is 1. The van der Waals surface area contributed by atoms with Crippen molar-refractivity contribution in [2.24, 2.45) is 0 Å². The summed E-state index contributed by atoms with van der Waals surface area (Å²) in [6.07, 6.45) is 3.71. The zero-order valence-corrected chi connectivity index (χ0v) is 13.5. The fraction of sp³-hybridized carbons (Fsp3) is 0.200. The van der Waals surface area contributed by atoms with Crippen LogP contribution in [0.1, 0.15) is 27.9 Å². The maximum absolute atomic E-state index is 12.8. The number of nitrogens with one attached hydrogen (secondary N) is 1. The van der Waals surface area contributed by atoms with Crippen LogP contribution in [0.25, 0.3) is 10.9 Å². The molecule has 2 aromatic carbocycles. The van der Waals surface area contributed by atoms with Crippen molar-refractivity contribution in [3.05, 3.63) is 75.6 Å². The third-order valence-corrected chi connectivity index (χ3v) is 4.66. The van der Waals surface area contributed by atoms with E-state index in [1.54, 1.807) is 6.20 Å². The first-order valence-corrected chi connectivity index (χ1v) is 8.17. The van der Waals surface area contributed by atoms with E-state index in [0.29, 0.717) is 5.39 Å². The van der Waals surface area contributed by atoms with Gasteiger partial charge in [-0.05, 0) is 43.0 Å². The molecule has 0 unspecified atom stereocenters. The largest absolute Gasteiger partial charge is 0.346 e. The second-order valence-electron chi connectivity index (χ2n) is 6.25. The Balaban J connectivity index is 1.83. The van der Waals surface area contributed by atoms with Crippen LogP contribution in [-0.4, -0.2) is 10.5 Å². The third-order valence-electron chi connectivity index (χ3n) is 4.66. The molecule has 4 rings (SSSR count). The Kier molecular flexibility index (Phi) is 3.45. The highest BCUT2D eigenvalue weighted by Gasteiger charge is 2.19. The minimum atomic E-state index is -0.351. The molecule has 3 aromatic rings. The smallest absolute Gasteiger partial charge is 0.261 e. The van der Waals surface area contributed by atoms with Gasteiger partial charge in [0.05, 0.1) is 5.52 Å². The number of rotatable bonds is 2. The van der Waals surface area contributed by atoms with Gasteiger partial charge in [0, 0.05) is 23.8 Å². The van der Waals surface area contributed by atoms with Crippen LogP contribution in [0.15, 0.2) is 53.5 Å². The van der Waals surface area contributed by atoms with E-state index in [9.17, 15) is 9.59 Å². The summed E-state index contributed by atoms with van der Waals surface area (Å²) >= 11 is 0. The Morgan fingerprint density at radius 1 is 1.12 bits per heavy atom. The number of benzene rings is 2. The number of carbonyl (C=O) groups excluding carboxylic acids is 1. The molecule has 120 valence electrons. The van der Waals surface area contributed by atoms with Crippen LogP contribution in [0, 0.1) is 6.92 Å². The van der Waals surface area contributed by atoms with Crippen LogP contribution in [0.3, 0.4) is 0 Å². The average Bonchev–Trinajstić information content (AvgIpc) is 2.60. The lowest BCUT2D eigenvalue weighted by molar-refractivity contribution is 0.102. The summed E-state index contributed by atoms with van der Waals surface area (Å²) in [7, 11) is 0. The van der Waals surface area contributed by atoms with Gasteiger partial charge in [0.15, 0.2) is 0 Å². The fourth-order valence-electron chi connectivity index (χ4n) is 3.42. The number of pyridine rings is 1. The number of aryl methyl sites for hydroxylation is 3. The number of anilines is 1. The molecule has 1 amide bonds. The topological polar surface area (TPSA) is 51.1 Å². The molecule has 0 saturated heterocycles. The van der Waals surface area contributed by atoms with Crippen molar-refractivity contribution in [3.63, 3.8) is 0 Å². The number of carbonyl (C=O) groups is 1. The Morgan fingerprint density at radius 3 is 2.79 bits per heavy atom. The SMILES string of the molecule is Cc1ccccc1NC(=O)c1cn2c3c(cccc3c1=O)CCC2. The summed E-state index contributed by atoms with van der Waals surface area (Å²) in [5.41, 5.74) is 3.86. The van der Waals surface area contributed by atoms with Gasteiger partial charge in [0.1, 0.15) is 5.56 Å². The first-order chi connectivity index (χ1) is 11.6. The number of hydrogen-bond donors (Lipinski definition) is 1. The quantitative estimate of drug-likeness (QED) is 0.786. The Morgan fingerprint density at radius 2 is 1.96 bits per heavy atom. The van der Waals surface area contributed by atoms with E-state index in [-0.39, 0.29) is 16.9 Å². The van der Waals surface area contributed by atoms with Gasteiger partial charge in [-0.25, -0.2) is 0 Å². The summed E-state index contributed by atoms with van der Waals surface area (Å²) < 4.78 is 2.04. The normalized spacial score (nSPS) is 13.0. The number of para-hydroxylation sites is 2. The molecular formula is C20H18N2O2. The van der Waals surface area contributed by atoms with E-state index >= 15 is 0 Å². The molecule has 0 saturated carbocycles. The van der Waals surface area contributed by atoms with Crippen molar-refractivity contribution < 1.29 is 4.79 Å². The van der Waals surface area contributed by atoms with E-state index in [1.165, 1.54) is 5.56 Å². The lowest BCUT2D eigenvalue weighted by Crippen LogP contribution is -2.25. The Hall–Kier alpha value is -2.88. The second kappa shape index (κ2) is 5.64. The van der Waals surface area contributed by atoms with Crippen molar-refractivity contribution in [2.75, 3.05) is 5.32 Å². The highest BCUT2D eigenvalue weighted by atomic mass is 16.2. The summed E-state index contributed by atoms with van der Waals surface area (Å²) in [6, 6.07) is 13.3. The van der Waals surface area contributed by atoms with Crippen LogP contribution < -0.4 is 10.7 Å². The molecule has 2 heterocycles. The maximum atomic E-state index is 12.8. The van der Waals surface area contributed by atoms with Gasteiger partial charge >= 0.3 is 0 Å². The fourth-order valence-corrected chi connectivity index (χ4v) is 3.42. The molecule has 4 nitrogen and oxygen atoms in total. The van der Waals surface area contributed by atoms with Crippen molar-refractivity contribution in [2.45, 2.75) is 26.3 Å². The van der Waals surface area contributed by atoms with Crippen molar-refractivity contribution >= 4 is 22.5 Å². The Labute approximate surface area is 139 Å². The van der Waals surface area contributed by atoms with Gasteiger partial charge < -0.3 is 9.88 Å². The predicted octanol–water partition coefficient (Wildman–Crippen LogP) is 3.51. The molecule has 0 radical (unpaired) electrons. The summed E-state index contributed by atoms with van der Waals surface area (Å²) in [6.45, 7) is 2.76. The Bertz CT molecular complexity index is 1020. The summed E-state index contributed by atoms with van der Waals surface area (Å²) in [5.74, 6) is -0.351. The van der Waals surface area contributed by atoms with Crippen molar-refractivity contribution in [1.82, 2.24) is 4.57 Å². The van der Waals surface area contributed by atoms with E-state index in [4.69, 9.17) is 0 Å². The standard InChI is InChI=1S/C20H18N2O2/c1-13-6-2-3-10-17(13)21-20(24)16-12-22-11-5-8-14-7-4-9-15(18(14)22)19(16)23/h2-4,6-7,9-10,12H,5,8,11H2,1H3,(H,21,24). The number of nitrogens with zero attached hydrogens (tertiary/aromatic N) is 1. The van der Waals surface area contributed by atoms with Gasteiger partial charge in [-0.3, -0.25) is 9.59 Å². The lowest BCUT2D eigenvalue weighted by Gasteiger charge is -2.20. The molecule has 0 aliphatic carbocycles. The van der Waals surface area contributed by atoms with Crippen LogP contribution >= 0.6 is 0 Å². The van der Waals surface area contributed by atoms with E-state index in [2.05, 4.69) is 11.4 Å². The maximum Gasteiger partial charge on any atom is 0.261 e. The molecule has 0 atom stereocenters. The first kappa shape index (κ1) is 14.7. The minimum Gasteiger partial charge on any atom is -0.346 e. The monoisotopic (exact) mass is 318 g/mol. The van der Waals surface area contributed by atoms with Crippen LogP contribution in [-0.2, 0) is 13.0 Å². The number of aromatic nitrogens is 1. The minimum absolute atomic E-state index is 0.198. The van der Waals surface area contributed by atoms with Crippen LogP contribution in [0.4, 0.5) is 5.69 Å². The molecule has 24 heavy (non-hydrogen) atoms. The van der Waals surface area contributed by atoms with Gasteiger partial charge in [0.25, 0.3) is 5.91 Å². The molecule has 1 aromatic heterocycles. The zero-order chi connectivity index (χ0) is 16.7. The zero-order valence-electron chi connectivity index (χ0n) is 13.5. The van der Waals surface area contributed by atoms with Crippen molar-refractivity contribution in [1.29, 1.82) is 0 Å². The van der Waals surface area contributed by atoms with Gasteiger partial charge in [-0.2, -0.15) is 0 Å². The highest BCUT2D eigenvalue weighted by molar-refractivity contribution is 6.06. The first-order valence-electron chi connectivity index (χ1n) is 8.17. The molecule has 4 heteroatoms. The lowest BCUT2D eigenvalue weighted by atomic mass is 9.99. The van der Waals surface area contributed by atoms with E-state index < -0.39 is 0 Å². The second-order valence-corrected chi connectivity index (χ2v) is 6.25. The molecule has 0 fully saturated rings. The summed E-state index contributed by atoms with van der Waals surface area (Å²) in [4.78, 5) is 25.5. The molecule has 1 aliphatic rings. The van der Waals surface area contributed by atoms with E-state index in [1.807, 2.05) is 47.9 Å². The summed E-state index contributed by atoms with van der Waals surface area (Å²) in [5, 5.41) is 3.49. The number of hydrogen-bond acceptors (Lipinski definition) is 2. The molecular weight excluding hydrogens is 300 g/mol. The van der Waals surface area contributed by atoms with Crippen LogP contribution in [0.5, 0.6) is 0 Å². The van der Waals surface area contributed by atoms with Gasteiger partial charge in [-0.15, -0.1) is 0 Å². The van der Waals surface area contributed by atoms with Crippen LogP contribution in [0.2, 0.25) is 0 Å². The van der Waals surface area contributed by atoms with Gasteiger partial charge in [-0.1, -0.05) is 30.3 Å². The van der Waals surface area contributed by atoms with Gasteiger partial charge in [0.2, 0.25) is 5.43 Å².